The average molecular weight is 360 g/mol. The van der Waals surface area contributed by atoms with Crippen molar-refractivity contribution < 1.29 is 4.92 Å². The summed E-state index contributed by atoms with van der Waals surface area (Å²) in [5.41, 5.74) is 3.14. The highest BCUT2D eigenvalue weighted by Crippen LogP contribution is 2.31. The fourth-order valence-electron chi connectivity index (χ4n) is 3.20. The third kappa shape index (κ3) is 2.69. The highest BCUT2D eigenvalue weighted by molar-refractivity contribution is 5.82. The zero-order valence-corrected chi connectivity index (χ0v) is 14.8. The van der Waals surface area contributed by atoms with Crippen LogP contribution in [-0.2, 0) is 0 Å². The molecule has 2 aromatic heterocycles. The largest absolute Gasteiger partial charge is 0.361 e. The Morgan fingerprint density at radius 1 is 1.00 bits per heavy atom. The number of nitro groups is 1. The molecule has 0 fully saturated rings. The van der Waals surface area contributed by atoms with Gasteiger partial charge in [-0.3, -0.25) is 20.0 Å². The lowest BCUT2D eigenvalue weighted by atomic mass is 10.0. The normalized spacial score (nSPS) is 11.0. The Bertz CT molecular complexity index is 1220. The fraction of sp³-hybridized carbons (Fsp3) is 0.100. The number of nitrogens with one attached hydrogen (secondary N) is 1. The first kappa shape index (κ1) is 16.7. The Kier molecular flexibility index (Phi) is 3.84. The molecule has 0 aliphatic heterocycles. The number of hydrogen-bond donors (Lipinski definition) is 1. The van der Waals surface area contributed by atoms with Crippen molar-refractivity contribution in [1.29, 1.82) is 0 Å². The van der Waals surface area contributed by atoms with E-state index in [0.717, 1.165) is 21.2 Å². The first-order chi connectivity index (χ1) is 13.0. The predicted molar refractivity (Wildman–Crippen MR) is 103 cm³/mol. The molecule has 0 amide bonds. The summed E-state index contributed by atoms with van der Waals surface area (Å²) in [5, 5.41) is 14.5. The van der Waals surface area contributed by atoms with Crippen molar-refractivity contribution in [2.24, 2.45) is 0 Å². The number of benzene rings is 2. The van der Waals surface area contributed by atoms with Gasteiger partial charge in [0.05, 0.1) is 4.92 Å². The van der Waals surface area contributed by atoms with Crippen LogP contribution < -0.4 is 5.56 Å². The molecule has 4 rings (SSSR count). The number of rotatable bonds is 3. The maximum atomic E-state index is 12.9. The first-order valence-corrected chi connectivity index (χ1v) is 8.39. The van der Waals surface area contributed by atoms with Crippen molar-refractivity contribution in [2.75, 3.05) is 0 Å². The summed E-state index contributed by atoms with van der Waals surface area (Å²) in [5.74, 6) is 0. The smallest absolute Gasteiger partial charge is 0.293 e. The molecule has 0 unspecified atom stereocenters. The monoisotopic (exact) mass is 360 g/mol. The number of hydrogen-bond acceptors (Lipinski definition) is 4. The Morgan fingerprint density at radius 2 is 1.67 bits per heavy atom. The molecule has 4 aromatic rings. The van der Waals surface area contributed by atoms with Crippen LogP contribution in [0.25, 0.3) is 28.0 Å². The van der Waals surface area contributed by atoms with E-state index in [1.54, 1.807) is 30.3 Å². The molecule has 2 aromatic carbocycles. The van der Waals surface area contributed by atoms with Gasteiger partial charge in [0.25, 0.3) is 0 Å². The summed E-state index contributed by atoms with van der Waals surface area (Å²) >= 11 is 0. The van der Waals surface area contributed by atoms with E-state index >= 15 is 0 Å². The van der Waals surface area contributed by atoms with Crippen LogP contribution in [0, 0.1) is 24.0 Å². The van der Waals surface area contributed by atoms with Crippen LogP contribution >= 0.6 is 0 Å². The molecule has 7 nitrogen and oxygen atoms in total. The number of H-pyrrole nitrogens is 1. The van der Waals surface area contributed by atoms with Crippen molar-refractivity contribution >= 4 is 11.3 Å². The Balaban J connectivity index is 2.11. The topological polar surface area (TPSA) is 93.3 Å². The van der Waals surface area contributed by atoms with Crippen molar-refractivity contribution in [3.63, 3.8) is 0 Å². The number of aromatic amines is 1. The van der Waals surface area contributed by atoms with Gasteiger partial charge in [-0.15, -0.1) is 0 Å². The molecule has 0 saturated carbocycles. The second-order valence-electron chi connectivity index (χ2n) is 6.37. The maximum absolute atomic E-state index is 12.9. The molecule has 27 heavy (non-hydrogen) atoms. The molecule has 0 spiro atoms. The van der Waals surface area contributed by atoms with E-state index in [1.165, 1.54) is 0 Å². The Morgan fingerprint density at radius 3 is 2.30 bits per heavy atom. The second-order valence-corrected chi connectivity index (χ2v) is 6.37. The molecule has 0 radical (unpaired) electrons. The van der Waals surface area contributed by atoms with Crippen LogP contribution in [0.15, 0.2) is 59.4 Å². The predicted octanol–water partition coefficient (Wildman–Crippen LogP) is 3.88. The van der Waals surface area contributed by atoms with E-state index in [2.05, 4.69) is 10.1 Å². The zero-order chi connectivity index (χ0) is 19.1. The minimum absolute atomic E-state index is 0.0676. The van der Waals surface area contributed by atoms with Gasteiger partial charge in [0.15, 0.2) is 11.3 Å². The first-order valence-electron chi connectivity index (χ1n) is 8.39. The summed E-state index contributed by atoms with van der Waals surface area (Å²) in [7, 11) is 0. The van der Waals surface area contributed by atoms with Crippen LogP contribution in [0.5, 0.6) is 0 Å². The molecule has 7 heteroatoms. The second kappa shape index (κ2) is 6.21. The lowest BCUT2D eigenvalue weighted by Gasteiger charge is -2.05. The standard InChI is InChI=1S/C20H16N4O3/c1-12-8-10-14(11-9-12)16-13(2)22-23-19(16)21-17(15-6-4-3-5-7-15)18(20(23)25)24(26)27/h3-11,22H,1-2H3. The van der Waals surface area contributed by atoms with Crippen LogP contribution in [0.4, 0.5) is 5.69 Å². The van der Waals surface area contributed by atoms with Gasteiger partial charge in [-0.2, -0.15) is 4.52 Å². The lowest BCUT2D eigenvalue weighted by molar-refractivity contribution is -0.385. The van der Waals surface area contributed by atoms with Crippen molar-refractivity contribution in [2.45, 2.75) is 13.8 Å². The molecule has 0 saturated heterocycles. The van der Waals surface area contributed by atoms with Crippen LogP contribution in [0.2, 0.25) is 0 Å². The molecule has 0 atom stereocenters. The minimum Gasteiger partial charge on any atom is -0.293 e. The van der Waals surface area contributed by atoms with Crippen LogP contribution in [0.3, 0.4) is 0 Å². The Hall–Kier alpha value is -3.74. The van der Waals surface area contributed by atoms with Gasteiger partial charge in [-0.1, -0.05) is 60.2 Å². The molecule has 2 heterocycles. The van der Waals surface area contributed by atoms with E-state index < -0.39 is 16.2 Å². The Labute approximate surface area is 154 Å². The summed E-state index contributed by atoms with van der Waals surface area (Å²) in [4.78, 5) is 28.3. The van der Waals surface area contributed by atoms with Gasteiger partial charge in [0.1, 0.15) is 0 Å². The third-order valence-corrected chi connectivity index (χ3v) is 4.51. The van der Waals surface area contributed by atoms with Crippen molar-refractivity contribution in [3.05, 3.63) is 86.3 Å². The van der Waals surface area contributed by atoms with Crippen molar-refractivity contribution in [1.82, 2.24) is 14.6 Å². The highest BCUT2D eigenvalue weighted by Gasteiger charge is 2.27. The summed E-state index contributed by atoms with van der Waals surface area (Å²) in [6, 6.07) is 16.6. The average Bonchev–Trinajstić information content (AvgIpc) is 2.99. The van der Waals surface area contributed by atoms with Gasteiger partial charge in [-0.05, 0) is 19.4 Å². The van der Waals surface area contributed by atoms with Gasteiger partial charge in [0, 0.05) is 16.8 Å². The van der Waals surface area contributed by atoms with Gasteiger partial charge in [0.2, 0.25) is 0 Å². The lowest BCUT2D eigenvalue weighted by Crippen LogP contribution is -2.20. The molecule has 0 bridgehead atoms. The molecule has 0 aliphatic carbocycles. The SMILES string of the molecule is Cc1ccc(-c2c(C)[nH]n3c(=O)c([N+](=O)[O-])c(-c4ccccc4)nc23)cc1. The van der Waals surface area contributed by atoms with Crippen molar-refractivity contribution in [3.8, 4) is 22.4 Å². The molecule has 1 N–H and O–H groups in total. The number of aryl methyl sites for hydroxylation is 2. The molecular formula is C20H16N4O3. The van der Waals surface area contributed by atoms with Crippen LogP contribution in [0.1, 0.15) is 11.3 Å². The van der Waals surface area contributed by atoms with E-state index in [-0.39, 0.29) is 5.69 Å². The highest BCUT2D eigenvalue weighted by atomic mass is 16.6. The summed E-state index contributed by atoms with van der Waals surface area (Å²) < 4.78 is 1.15. The summed E-state index contributed by atoms with van der Waals surface area (Å²) in [6.45, 7) is 3.81. The van der Waals surface area contributed by atoms with E-state index in [1.807, 2.05) is 38.1 Å². The number of fused-ring (bicyclic) bond motifs is 1. The zero-order valence-electron chi connectivity index (χ0n) is 14.8. The van der Waals surface area contributed by atoms with Gasteiger partial charge < -0.3 is 0 Å². The molecule has 0 aliphatic rings. The summed E-state index contributed by atoms with van der Waals surface area (Å²) in [6.07, 6.45) is 0. The maximum Gasteiger partial charge on any atom is 0.361 e. The minimum atomic E-state index is -0.731. The van der Waals surface area contributed by atoms with E-state index in [9.17, 15) is 14.9 Å². The van der Waals surface area contributed by atoms with E-state index in [4.69, 9.17) is 0 Å². The molecule has 134 valence electrons. The fourth-order valence-corrected chi connectivity index (χ4v) is 3.20. The van der Waals surface area contributed by atoms with E-state index in [0.29, 0.717) is 16.9 Å². The van der Waals surface area contributed by atoms with Gasteiger partial charge >= 0.3 is 11.2 Å². The van der Waals surface area contributed by atoms with Gasteiger partial charge in [-0.25, -0.2) is 4.98 Å². The quantitative estimate of drug-likeness (QED) is 0.443. The molecular weight excluding hydrogens is 344 g/mol. The third-order valence-electron chi connectivity index (χ3n) is 4.51. The number of aromatic nitrogens is 3. The number of nitrogens with zero attached hydrogens (tertiary/aromatic N) is 3. The van der Waals surface area contributed by atoms with Crippen LogP contribution in [-0.4, -0.2) is 19.5 Å².